The summed E-state index contributed by atoms with van der Waals surface area (Å²) in [6, 6.07) is 30.8. The molecular formula is C68H69N9OS2. The molecule has 80 heavy (non-hydrogen) atoms. The minimum absolute atomic E-state index is 0.0306. The molecule has 0 amide bonds. The van der Waals surface area contributed by atoms with E-state index in [1.165, 1.54) is 106 Å². The first-order chi connectivity index (χ1) is 40.0. The van der Waals surface area contributed by atoms with Gasteiger partial charge in [0.15, 0.2) is 5.90 Å². The topological polar surface area (TPSA) is 136 Å². The lowest BCUT2D eigenvalue weighted by Gasteiger charge is -2.33. The van der Waals surface area contributed by atoms with Gasteiger partial charge in [-0.3, -0.25) is 24.9 Å². The van der Waals surface area contributed by atoms with Crippen LogP contribution in [0, 0.1) is 0 Å². The summed E-state index contributed by atoms with van der Waals surface area (Å²) in [5.41, 5.74) is 26.7. The van der Waals surface area contributed by atoms with Gasteiger partial charge in [0.25, 0.3) is 0 Å². The van der Waals surface area contributed by atoms with Gasteiger partial charge >= 0.3 is 0 Å². The fourth-order valence-corrected chi connectivity index (χ4v) is 15.1. The first-order valence-electron chi connectivity index (χ1n) is 29.7. The van der Waals surface area contributed by atoms with E-state index >= 15 is 0 Å². The van der Waals surface area contributed by atoms with Crippen LogP contribution >= 0.6 is 22.7 Å². The SMILES string of the molecule is C1=NC2(CC1)CCc1ccc(-c3ccsc3)cc1C2.C1=NC2(CC1)CCc1cccc(-c3ccsc3)c1C2.NC1=NC2(CC1)CCc1cccc(-c3cncnc3)c1C2.[2H]C1([2H])OC(C)=NC12CCc1c(cccc1-c1cnccn1)C2. The number of nitrogens with zero attached hydrogens (tertiary/aromatic N) is 8. The first kappa shape index (κ1) is 49.7. The Morgan fingerprint density at radius 3 is 1.77 bits per heavy atom. The van der Waals surface area contributed by atoms with Crippen LogP contribution in [-0.2, 0) is 56.1 Å². The number of thiophene rings is 2. The average Bonchev–Trinajstić information content (AvgIpc) is 4.27. The number of hydrogen-bond acceptors (Lipinski definition) is 12. The van der Waals surface area contributed by atoms with Crippen LogP contribution < -0.4 is 5.73 Å². The highest BCUT2D eigenvalue weighted by atomic mass is 32.1. The van der Waals surface area contributed by atoms with Gasteiger partial charge in [-0.2, -0.15) is 22.7 Å². The Bertz CT molecular complexity index is 3740. The third-order valence-electron chi connectivity index (χ3n) is 18.0. The molecular weight excluding hydrogens is 1020 g/mol. The van der Waals surface area contributed by atoms with Crippen molar-refractivity contribution in [1.29, 1.82) is 0 Å². The van der Waals surface area contributed by atoms with Crippen molar-refractivity contribution in [3.8, 4) is 44.6 Å². The number of benzene rings is 4. The number of rotatable bonds is 4. The smallest absolute Gasteiger partial charge is 0.180 e. The summed E-state index contributed by atoms with van der Waals surface area (Å²) in [5.74, 6) is 1.25. The zero-order valence-electron chi connectivity index (χ0n) is 47.6. The van der Waals surface area contributed by atoms with Crippen LogP contribution in [0.3, 0.4) is 0 Å². The molecule has 4 aliphatic carbocycles. The number of hydrogen-bond donors (Lipinski definition) is 1. The number of aromatic nitrogens is 4. The fourth-order valence-electron chi connectivity index (χ4n) is 13.8. The predicted molar refractivity (Wildman–Crippen MR) is 329 cm³/mol. The number of nitrogens with two attached hydrogens (primary N) is 1. The maximum Gasteiger partial charge on any atom is 0.180 e. The highest BCUT2D eigenvalue weighted by molar-refractivity contribution is 7.08. The van der Waals surface area contributed by atoms with Crippen molar-refractivity contribution in [3.05, 3.63) is 188 Å². The van der Waals surface area contributed by atoms with E-state index in [1.54, 1.807) is 60.1 Å². The molecule has 16 rings (SSSR count). The molecule has 12 heteroatoms. The molecule has 4 aromatic carbocycles. The van der Waals surface area contributed by atoms with Crippen molar-refractivity contribution >= 4 is 46.8 Å². The van der Waals surface area contributed by atoms with Crippen LogP contribution in [0.15, 0.2) is 164 Å². The molecule has 0 fully saturated rings. The van der Waals surface area contributed by atoms with Gasteiger partial charge in [0, 0.05) is 55.7 Å². The van der Waals surface area contributed by atoms with Gasteiger partial charge in [-0.25, -0.2) is 15.0 Å². The number of aliphatic imine (C=N–C) groups is 4. The summed E-state index contributed by atoms with van der Waals surface area (Å²) in [4.78, 5) is 35.8. The zero-order valence-corrected chi connectivity index (χ0v) is 47.3. The monoisotopic (exact) mass is 1090 g/mol. The molecule has 4 unspecified atom stereocenters. The van der Waals surface area contributed by atoms with Gasteiger partial charge < -0.3 is 10.5 Å². The van der Waals surface area contributed by atoms with E-state index in [1.807, 2.05) is 18.5 Å². The Balaban J connectivity index is 0.000000103. The molecule has 8 aliphatic rings. The summed E-state index contributed by atoms with van der Waals surface area (Å²) in [6.45, 7) is -0.0323. The average molecular weight is 1090 g/mol. The lowest BCUT2D eigenvalue weighted by molar-refractivity contribution is 0.236. The molecule has 4 aliphatic heterocycles. The lowest BCUT2D eigenvalue weighted by Crippen LogP contribution is -2.35. The molecule has 4 aromatic heterocycles. The summed E-state index contributed by atoms with van der Waals surface area (Å²) >= 11 is 3.55. The number of amidine groups is 1. The largest absolute Gasteiger partial charge is 0.479 e. The molecule has 2 N–H and O–H groups in total. The second-order valence-corrected chi connectivity index (χ2v) is 24.7. The Kier molecular flexibility index (Phi) is 13.9. The Labute approximate surface area is 481 Å². The first-order valence-corrected chi connectivity index (χ1v) is 30.5. The maximum atomic E-state index is 8.23. The summed E-state index contributed by atoms with van der Waals surface area (Å²) in [5, 5.41) is 8.81. The number of aryl methyl sites for hydroxylation is 3. The molecule has 8 heterocycles. The highest BCUT2D eigenvalue weighted by Gasteiger charge is 2.41. The van der Waals surface area contributed by atoms with Crippen molar-refractivity contribution in [2.24, 2.45) is 25.7 Å². The van der Waals surface area contributed by atoms with Crippen LogP contribution in [0.25, 0.3) is 44.6 Å². The van der Waals surface area contributed by atoms with Crippen molar-refractivity contribution in [1.82, 2.24) is 19.9 Å². The Hall–Kier alpha value is -7.28. The normalized spacial score (nSPS) is 25.3. The molecule has 4 spiro atoms. The third kappa shape index (κ3) is 10.9. The lowest BCUT2D eigenvalue weighted by atomic mass is 9.75. The van der Waals surface area contributed by atoms with E-state index in [4.69, 9.17) is 28.2 Å². The number of ether oxygens (including phenoxy) is 1. The van der Waals surface area contributed by atoms with Gasteiger partial charge in [0.1, 0.15) is 18.4 Å². The second-order valence-electron chi connectivity index (χ2n) is 23.1. The summed E-state index contributed by atoms with van der Waals surface area (Å²) in [7, 11) is 0. The molecule has 0 bridgehead atoms. The minimum atomic E-state index is -1.75. The second kappa shape index (κ2) is 22.3. The third-order valence-corrected chi connectivity index (χ3v) is 19.4. The molecule has 8 aromatic rings. The molecule has 10 nitrogen and oxygen atoms in total. The van der Waals surface area contributed by atoms with Crippen LogP contribution in [0.1, 0.15) is 118 Å². The van der Waals surface area contributed by atoms with E-state index in [-0.39, 0.29) is 16.6 Å². The minimum Gasteiger partial charge on any atom is -0.479 e. The molecule has 0 saturated carbocycles. The standard InChI is InChI=1S/C17H18N4.C17H17N3O.2C17H17NS/c18-16-5-7-17(21-16)6-4-12-2-1-3-14(15(12)8-17)13-9-19-11-20-10-13;1-12-20-17(11-21-12)6-5-14-13(9-17)3-2-4-15(14)16-10-18-7-8-19-16;1-6-17(18-8-1)7-4-13-2-3-14(10-16(13)11-17)15-5-9-19-12-15;1-3-13-5-8-17(7-2-9-18-17)11-16(13)15(4-1)14-6-10-19-12-14/h1-3,9-11H,4-8H2,(H2,18,21);2-4,7-8,10H,5-6,9,11H2,1H3;2-3,5,8-10,12H,1,4,6-7,11H2;1,3-4,6,9-10,12H,2,5,7-8,11H2/i;11D2;;. The van der Waals surface area contributed by atoms with E-state index in [0.29, 0.717) is 18.7 Å². The molecule has 4 atom stereocenters. The quantitative estimate of drug-likeness (QED) is 0.186. The van der Waals surface area contributed by atoms with E-state index in [2.05, 4.69) is 138 Å². The van der Waals surface area contributed by atoms with Crippen LogP contribution in [-0.4, -0.2) is 72.8 Å². The van der Waals surface area contributed by atoms with Crippen molar-refractivity contribution in [2.45, 2.75) is 145 Å². The fraction of sp³-hybridized carbons (Fsp3) is 0.353. The highest BCUT2D eigenvalue weighted by Crippen LogP contribution is 2.45. The Morgan fingerprint density at radius 2 is 1.14 bits per heavy atom. The van der Waals surface area contributed by atoms with E-state index < -0.39 is 12.1 Å². The van der Waals surface area contributed by atoms with Gasteiger partial charge in [0.2, 0.25) is 0 Å². The van der Waals surface area contributed by atoms with Crippen LogP contribution in [0.5, 0.6) is 0 Å². The molecule has 0 radical (unpaired) electrons. The van der Waals surface area contributed by atoms with E-state index in [9.17, 15) is 0 Å². The van der Waals surface area contributed by atoms with Crippen LogP contribution in [0.2, 0.25) is 0 Å². The van der Waals surface area contributed by atoms with E-state index in [0.717, 1.165) is 86.0 Å². The van der Waals surface area contributed by atoms with Crippen molar-refractivity contribution < 1.29 is 7.48 Å². The maximum absolute atomic E-state index is 8.23. The molecule has 404 valence electrons. The van der Waals surface area contributed by atoms with Gasteiger partial charge in [-0.05, 0) is 221 Å². The van der Waals surface area contributed by atoms with Crippen molar-refractivity contribution in [2.75, 3.05) is 6.56 Å². The molecule has 0 saturated heterocycles. The number of fused-ring (bicyclic) bond motifs is 4. The zero-order chi connectivity index (χ0) is 55.8. The summed E-state index contributed by atoms with van der Waals surface area (Å²) < 4.78 is 21.8. The van der Waals surface area contributed by atoms with Gasteiger partial charge in [0.05, 0.1) is 37.1 Å². The Morgan fingerprint density at radius 1 is 0.512 bits per heavy atom. The van der Waals surface area contributed by atoms with Gasteiger partial charge in [-0.15, -0.1) is 0 Å². The summed E-state index contributed by atoms with van der Waals surface area (Å²) in [6.07, 6.45) is 33.7. The van der Waals surface area contributed by atoms with Crippen LogP contribution in [0.4, 0.5) is 0 Å². The van der Waals surface area contributed by atoms with Gasteiger partial charge in [-0.1, -0.05) is 72.8 Å². The van der Waals surface area contributed by atoms with Crippen molar-refractivity contribution in [3.63, 3.8) is 0 Å². The predicted octanol–water partition coefficient (Wildman–Crippen LogP) is 14.4.